The number of nitrogens with one attached hydrogen (secondary N) is 1. The van der Waals surface area contributed by atoms with Crippen LogP contribution in [0.25, 0.3) is 0 Å². The topological polar surface area (TPSA) is 69.6 Å². The number of anilines is 1. The van der Waals surface area contributed by atoms with Crippen molar-refractivity contribution in [2.75, 3.05) is 5.32 Å². The van der Waals surface area contributed by atoms with E-state index < -0.39 is 29.2 Å². The molecular formula is C7H5F2NO3. The molecule has 0 saturated carbocycles. The molecule has 6 heteroatoms. The van der Waals surface area contributed by atoms with Gasteiger partial charge in [-0.2, -0.15) is 0 Å². The molecule has 0 spiro atoms. The Kier molecular flexibility index (Phi) is 2.32. The molecule has 0 unspecified atom stereocenters. The third-order valence-electron chi connectivity index (χ3n) is 1.28. The van der Waals surface area contributed by atoms with Crippen molar-refractivity contribution in [3.05, 3.63) is 23.8 Å². The largest absolute Gasteiger partial charge is 0.506 e. The first-order chi connectivity index (χ1) is 6.00. The monoisotopic (exact) mass is 189 g/mol. The molecule has 1 rings (SSSR count). The Hall–Kier alpha value is -1.85. The van der Waals surface area contributed by atoms with Gasteiger partial charge < -0.3 is 10.2 Å². The Balaban J connectivity index is 3.08. The second kappa shape index (κ2) is 3.26. The van der Waals surface area contributed by atoms with E-state index in [4.69, 9.17) is 10.2 Å². The van der Waals surface area contributed by atoms with Crippen LogP contribution in [0.2, 0.25) is 0 Å². The molecule has 0 aromatic heterocycles. The maximum absolute atomic E-state index is 12.5. The van der Waals surface area contributed by atoms with E-state index >= 15 is 0 Å². The van der Waals surface area contributed by atoms with E-state index in [1.54, 1.807) is 5.32 Å². The molecule has 0 fully saturated rings. The van der Waals surface area contributed by atoms with Crippen LogP contribution in [0, 0.1) is 11.6 Å². The van der Waals surface area contributed by atoms with Gasteiger partial charge in [0.25, 0.3) is 0 Å². The fourth-order valence-electron chi connectivity index (χ4n) is 0.752. The van der Waals surface area contributed by atoms with E-state index in [1.807, 2.05) is 0 Å². The molecule has 0 aliphatic rings. The molecule has 1 amide bonds. The van der Waals surface area contributed by atoms with Gasteiger partial charge in [0.05, 0.1) is 5.69 Å². The number of hydrogen-bond donors (Lipinski definition) is 3. The van der Waals surface area contributed by atoms with Gasteiger partial charge in [-0.1, -0.05) is 0 Å². The smallest absolute Gasteiger partial charge is 0.409 e. The highest BCUT2D eigenvalue weighted by Crippen LogP contribution is 2.25. The lowest BCUT2D eigenvalue weighted by Crippen LogP contribution is -2.07. The average molecular weight is 189 g/mol. The van der Waals surface area contributed by atoms with Crippen LogP contribution in [-0.2, 0) is 0 Å². The highest BCUT2D eigenvalue weighted by atomic mass is 19.2. The summed E-state index contributed by atoms with van der Waals surface area (Å²) in [4.78, 5) is 10.1. The Bertz CT molecular complexity index is 354. The van der Waals surface area contributed by atoms with Crippen LogP contribution in [-0.4, -0.2) is 16.3 Å². The fourth-order valence-corrected chi connectivity index (χ4v) is 0.752. The lowest BCUT2D eigenvalue weighted by Gasteiger charge is -2.03. The van der Waals surface area contributed by atoms with Crippen molar-refractivity contribution in [1.29, 1.82) is 0 Å². The van der Waals surface area contributed by atoms with Crippen molar-refractivity contribution < 1.29 is 23.8 Å². The number of carboxylic acid groups (broad SMARTS) is 1. The van der Waals surface area contributed by atoms with Crippen molar-refractivity contribution in [1.82, 2.24) is 0 Å². The number of rotatable bonds is 1. The first-order valence-electron chi connectivity index (χ1n) is 3.18. The van der Waals surface area contributed by atoms with Crippen molar-refractivity contribution in [2.24, 2.45) is 0 Å². The molecule has 13 heavy (non-hydrogen) atoms. The molecule has 4 nitrogen and oxygen atoms in total. The summed E-state index contributed by atoms with van der Waals surface area (Å²) in [5.41, 5.74) is -0.397. The fraction of sp³-hybridized carbons (Fsp3) is 0. The van der Waals surface area contributed by atoms with Gasteiger partial charge in [-0.3, -0.25) is 5.32 Å². The summed E-state index contributed by atoms with van der Waals surface area (Å²) in [6.07, 6.45) is -1.47. The number of carbonyl (C=O) groups is 1. The summed E-state index contributed by atoms with van der Waals surface area (Å²) < 4.78 is 24.9. The zero-order chi connectivity index (χ0) is 10.0. The zero-order valence-electron chi connectivity index (χ0n) is 6.21. The van der Waals surface area contributed by atoms with Gasteiger partial charge in [-0.15, -0.1) is 0 Å². The molecule has 0 radical (unpaired) electrons. The van der Waals surface area contributed by atoms with Gasteiger partial charge in [-0.05, 0) is 0 Å². The molecular weight excluding hydrogens is 184 g/mol. The molecule has 0 saturated heterocycles. The number of halogens is 2. The summed E-state index contributed by atoms with van der Waals surface area (Å²) in [6.45, 7) is 0. The molecule has 0 heterocycles. The minimum Gasteiger partial charge on any atom is -0.506 e. The van der Waals surface area contributed by atoms with Crippen molar-refractivity contribution >= 4 is 11.8 Å². The Morgan fingerprint density at radius 1 is 1.31 bits per heavy atom. The van der Waals surface area contributed by atoms with Crippen LogP contribution in [0.4, 0.5) is 19.3 Å². The lowest BCUT2D eigenvalue weighted by atomic mass is 10.2. The van der Waals surface area contributed by atoms with Gasteiger partial charge in [0.15, 0.2) is 11.6 Å². The maximum atomic E-state index is 12.5. The zero-order valence-corrected chi connectivity index (χ0v) is 6.21. The van der Waals surface area contributed by atoms with E-state index in [1.165, 1.54) is 0 Å². The van der Waals surface area contributed by atoms with E-state index in [0.717, 1.165) is 0 Å². The third-order valence-corrected chi connectivity index (χ3v) is 1.28. The lowest BCUT2D eigenvalue weighted by molar-refractivity contribution is 0.209. The Morgan fingerprint density at radius 2 is 1.85 bits per heavy atom. The van der Waals surface area contributed by atoms with Crippen LogP contribution in [0.3, 0.4) is 0 Å². The third kappa shape index (κ3) is 2.05. The summed E-state index contributed by atoms with van der Waals surface area (Å²) in [5.74, 6) is -3.14. The van der Waals surface area contributed by atoms with Gasteiger partial charge in [0, 0.05) is 12.1 Å². The molecule has 1 aromatic carbocycles. The number of phenols is 1. The van der Waals surface area contributed by atoms with E-state index in [9.17, 15) is 13.6 Å². The first kappa shape index (κ1) is 9.24. The number of amides is 1. The number of benzene rings is 1. The number of phenolic OH excluding ortho intramolecular Hbond substituents is 1. The van der Waals surface area contributed by atoms with Crippen LogP contribution < -0.4 is 5.32 Å². The van der Waals surface area contributed by atoms with Gasteiger partial charge in [0.2, 0.25) is 0 Å². The van der Waals surface area contributed by atoms with E-state index in [0.29, 0.717) is 12.1 Å². The Morgan fingerprint density at radius 3 is 2.38 bits per heavy atom. The number of hydrogen-bond acceptors (Lipinski definition) is 2. The number of aromatic hydroxyl groups is 1. The van der Waals surface area contributed by atoms with Crippen LogP contribution >= 0.6 is 0 Å². The second-order valence-corrected chi connectivity index (χ2v) is 2.21. The van der Waals surface area contributed by atoms with E-state index in [-0.39, 0.29) is 0 Å². The van der Waals surface area contributed by atoms with Crippen molar-refractivity contribution in [2.45, 2.75) is 0 Å². The van der Waals surface area contributed by atoms with Crippen LogP contribution in [0.5, 0.6) is 5.75 Å². The van der Waals surface area contributed by atoms with Gasteiger partial charge in [0.1, 0.15) is 5.75 Å². The minimum absolute atomic E-state index is 0.397. The quantitative estimate of drug-likeness (QED) is 0.589. The summed E-state index contributed by atoms with van der Waals surface area (Å²) >= 11 is 0. The summed E-state index contributed by atoms with van der Waals surface area (Å²) in [6, 6.07) is 1.04. The van der Waals surface area contributed by atoms with Gasteiger partial charge in [-0.25, -0.2) is 13.6 Å². The standard InChI is InChI=1S/C7H5F2NO3/c8-3-1-5(10-7(12)13)6(11)2-4(3)9/h1-2,10-11H,(H,12,13). The molecule has 0 aliphatic heterocycles. The summed E-state index contributed by atoms with van der Waals surface area (Å²) in [5, 5.41) is 18.8. The van der Waals surface area contributed by atoms with E-state index in [2.05, 4.69) is 0 Å². The predicted molar refractivity (Wildman–Crippen MR) is 39.7 cm³/mol. The van der Waals surface area contributed by atoms with Crippen molar-refractivity contribution in [3.63, 3.8) is 0 Å². The summed E-state index contributed by atoms with van der Waals surface area (Å²) in [7, 11) is 0. The molecule has 0 bridgehead atoms. The SMILES string of the molecule is O=C(O)Nc1cc(F)c(F)cc1O. The molecule has 0 aliphatic carbocycles. The van der Waals surface area contributed by atoms with Crippen molar-refractivity contribution in [3.8, 4) is 5.75 Å². The molecule has 3 N–H and O–H groups in total. The van der Waals surface area contributed by atoms with Crippen LogP contribution in [0.1, 0.15) is 0 Å². The molecule has 70 valence electrons. The molecule has 1 aromatic rings. The van der Waals surface area contributed by atoms with Crippen LogP contribution in [0.15, 0.2) is 12.1 Å². The predicted octanol–water partition coefficient (Wildman–Crippen LogP) is 1.76. The highest BCUT2D eigenvalue weighted by molar-refractivity contribution is 5.84. The second-order valence-electron chi connectivity index (χ2n) is 2.21. The highest BCUT2D eigenvalue weighted by Gasteiger charge is 2.10. The first-order valence-corrected chi connectivity index (χ1v) is 3.18. The Labute approximate surface area is 71.4 Å². The average Bonchev–Trinajstić information content (AvgIpc) is 1.99. The normalized spacial score (nSPS) is 9.69. The molecule has 0 atom stereocenters. The maximum Gasteiger partial charge on any atom is 0.409 e. The minimum atomic E-state index is -1.47. The van der Waals surface area contributed by atoms with Gasteiger partial charge >= 0.3 is 6.09 Å².